The molecule has 1 aliphatic carbocycles. The van der Waals surface area contributed by atoms with E-state index in [1.54, 1.807) is 13.1 Å². The third-order valence-corrected chi connectivity index (χ3v) is 5.17. The van der Waals surface area contributed by atoms with Gasteiger partial charge in [0.05, 0.1) is 11.5 Å². The Kier molecular flexibility index (Phi) is 9.15. The first-order valence-electron chi connectivity index (χ1n) is 8.22. The van der Waals surface area contributed by atoms with E-state index in [9.17, 15) is 8.42 Å². The zero-order chi connectivity index (χ0) is 17.6. The summed E-state index contributed by atoms with van der Waals surface area (Å²) in [6, 6.07) is 5.36. The van der Waals surface area contributed by atoms with E-state index < -0.39 is 9.84 Å². The summed E-state index contributed by atoms with van der Waals surface area (Å²) in [5, 5.41) is 6.42. The van der Waals surface area contributed by atoms with Crippen molar-refractivity contribution in [3.8, 4) is 0 Å². The minimum absolute atomic E-state index is 0. The maximum Gasteiger partial charge on any atom is 0.191 e. The Balaban J connectivity index is 0.00000312. The molecule has 1 aromatic carbocycles. The highest BCUT2D eigenvalue weighted by Gasteiger charge is 2.20. The number of rotatable bonds is 8. The molecular formula is C17H28IN3O3S. The quantitative estimate of drug-likeness (QED) is 0.257. The molecule has 142 valence electrons. The summed E-state index contributed by atoms with van der Waals surface area (Å²) in [6.45, 7) is 4.62. The topological polar surface area (TPSA) is 79.8 Å². The number of sulfone groups is 1. The van der Waals surface area contributed by atoms with E-state index >= 15 is 0 Å². The second-order valence-electron chi connectivity index (χ2n) is 6.24. The summed E-state index contributed by atoms with van der Waals surface area (Å²) in [5.41, 5.74) is 1.76. The predicted octanol–water partition coefficient (Wildman–Crippen LogP) is 2.11. The molecule has 1 saturated carbocycles. The van der Waals surface area contributed by atoms with Gasteiger partial charge in [-0.1, -0.05) is 12.1 Å². The van der Waals surface area contributed by atoms with Crippen LogP contribution in [-0.2, 0) is 21.1 Å². The number of nitrogens with one attached hydrogen (secondary N) is 2. The zero-order valence-electron chi connectivity index (χ0n) is 15.0. The summed E-state index contributed by atoms with van der Waals surface area (Å²) in [4.78, 5) is 4.55. The summed E-state index contributed by atoms with van der Waals surface area (Å²) in [5.74, 6) is 1.48. The van der Waals surface area contributed by atoms with Gasteiger partial charge in [0.1, 0.15) is 0 Å². The molecule has 2 N–H and O–H groups in total. The lowest BCUT2D eigenvalue weighted by Gasteiger charge is -2.13. The standard InChI is InChI=1S/C17H27N3O3S.HI/c1-13-10-15(6-7-16(13)24(3,21)22)11-20-17(18-2)19-8-9-23-12-14-4-5-14;/h6-7,10,14H,4-5,8-9,11-12H2,1-3H3,(H2,18,19,20);1H. The van der Waals surface area contributed by atoms with Gasteiger partial charge >= 0.3 is 0 Å². The van der Waals surface area contributed by atoms with Crippen LogP contribution in [0, 0.1) is 12.8 Å². The van der Waals surface area contributed by atoms with E-state index in [2.05, 4.69) is 15.6 Å². The second-order valence-corrected chi connectivity index (χ2v) is 8.23. The number of ether oxygens (including phenoxy) is 1. The molecule has 1 fully saturated rings. The summed E-state index contributed by atoms with van der Waals surface area (Å²) < 4.78 is 28.9. The van der Waals surface area contributed by atoms with Crippen molar-refractivity contribution in [2.24, 2.45) is 10.9 Å². The van der Waals surface area contributed by atoms with Crippen molar-refractivity contribution in [3.63, 3.8) is 0 Å². The van der Waals surface area contributed by atoms with Crippen LogP contribution in [0.2, 0.25) is 0 Å². The van der Waals surface area contributed by atoms with Crippen LogP contribution < -0.4 is 10.6 Å². The lowest BCUT2D eigenvalue weighted by atomic mass is 10.1. The average molecular weight is 481 g/mol. The van der Waals surface area contributed by atoms with Crippen molar-refractivity contribution in [3.05, 3.63) is 29.3 Å². The molecule has 8 heteroatoms. The van der Waals surface area contributed by atoms with Gasteiger partial charge in [0, 0.05) is 33.0 Å². The molecule has 1 aromatic rings. The average Bonchev–Trinajstić information content (AvgIpc) is 3.33. The molecule has 0 heterocycles. The maximum atomic E-state index is 11.6. The van der Waals surface area contributed by atoms with Gasteiger partial charge in [-0.25, -0.2) is 8.42 Å². The van der Waals surface area contributed by atoms with Crippen molar-refractivity contribution < 1.29 is 13.2 Å². The van der Waals surface area contributed by atoms with Gasteiger partial charge in [-0.05, 0) is 42.9 Å². The van der Waals surface area contributed by atoms with E-state index in [0.29, 0.717) is 30.6 Å². The number of hydrogen-bond donors (Lipinski definition) is 2. The highest BCUT2D eigenvalue weighted by molar-refractivity contribution is 14.0. The monoisotopic (exact) mass is 481 g/mol. The number of benzene rings is 1. The van der Waals surface area contributed by atoms with Crippen molar-refractivity contribution in [2.45, 2.75) is 31.2 Å². The van der Waals surface area contributed by atoms with Crippen LogP contribution in [-0.4, -0.2) is 47.4 Å². The van der Waals surface area contributed by atoms with E-state index in [-0.39, 0.29) is 24.0 Å². The van der Waals surface area contributed by atoms with Gasteiger partial charge in [0.15, 0.2) is 15.8 Å². The van der Waals surface area contributed by atoms with Crippen LogP contribution in [0.5, 0.6) is 0 Å². The highest BCUT2D eigenvalue weighted by Crippen LogP contribution is 2.28. The van der Waals surface area contributed by atoms with E-state index in [1.165, 1.54) is 19.1 Å². The van der Waals surface area contributed by atoms with Gasteiger partial charge < -0.3 is 15.4 Å². The van der Waals surface area contributed by atoms with Gasteiger partial charge in [0.25, 0.3) is 0 Å². The molecule has 0 aromatic heterocycles. The van der Waals surface area contributed by atoms with E-state index in [0.717, 1.165) is 23.7 Å². The molecule has 6 nitrogen and oxygen atoms in total. The SMILES string of the molecule is CN=C(NCCOCC1CC1)NCc1ccc(S(C)(=O)=O)c(C)c1.I. The Bertz CT molecular complexity index is 688. The molecule has 0 saturated heterocycles. The largest absolute Gasteiger partial charge is 0.379 e. The number of guanidine groups is 1. The van der Waals surface area contributed by atoms with Crippen LogP contribution in [0.25, 0.3) is 0 Å². The Morgan fingerprint density at radius 2 is 2.04 bits per heavy atom. The van der Waals surface area contributed by atoms with Crippen LogP contribution in [0.15, 0.2) is 28.1 Å². The first-order valence-corrected chi connectivity index (χ1v) is 10.1. The second kappa shape index (κ2) is 10.3. The third-order valence-electron chi connectivity index (χ3n) is 3.91. The predicted molar refractivity (Wildman–Crippen MR) is 111 cm³/mol. The molecule has 0 bridgehead atoms. The highest BCUT2D eigenvalue weighted by atomic mass is 127. The molecule has 0 amide bonds. The molecular weight excluding hydrogens is 453 g/mol. The summed E-state index contributed by atoms with van der Waals surface area (Å²) in [7, 11) is -1.46. The van der Waals surface area contributed by atoms with E-state index in [1.807, 2.05) is 19.1 Å². The van der Waals surface area contributed by atoms with Crippen molar-refractivity contribution >= 4 is 39.8 Å². The zero-order valence-corrected chi connectivity index (χ0v) is 18.2. The Hall–Kier alpha value is -0.870. The van der Waals surface area contributed by atoms with Crippen LogP contribution in [0.4, 0.5) is 0 Å². The number of aliphatic imine (C=N–C) groups is 1. The first-order chi connectivity index (χ1) is 11.4. The van der Waals surface area contributed by atoms with Gasteiger partial charge in [-0.3, -0.25) is 4.99 Å². The Morgan fingerprint density at radius 3 is 2.60 bits per heavy atom. The molecule has 0 spiro atoms. The Labute approximate surface area is 167 Å². The third kappa shape index (κ3) is 7.91. The molecule has 2 rings (SSSR count). The normalized spacial score (nSPS) is 14.8. The number of hydrogen-bond acceptors (Lipinski definition) is 4. The molecule has 1 aliphatic rings. The lowest BCUT2D eigenvalue weighted by molar-refractivity contribution is 0.129. The molecule has 0 aliphatic heterocycles. The van der Waals surface area contributed by atoms with Gasteiger partial charge in [-0.15, -0.1) is 24.0 Å². The maximum absolute atomic E-state index is 11.6. The fourth-order valence-electron chi connectivity index (χ4n) is 2.42. The van der Waals surface area contributed by atoms with E-state index in [4.69, 9.17) is 4.74 Å². The lowest BCUT2D eigenvalue weighted by Crippen LogP contribution is -2.38. The van der Waals surface area contributed by atoms with Gasteiger partial charge in [-0.2, -0.15) is 0 Å². The smallest absolute Gasteiger partial charge is 0.191 e. The molecule has 0 atom stereocenters. The fourth-order valence-corrected chi connectivity index (χ4v) is 3.38. The van der Waals surface area contributed by atoms with Crippen LogP contribution >= 0.6 is 24.0 Å². The number of aryl methyl sites for hydroxylation is 1. The van der Waals surface area contributed by atoms with Gasteiger partial charge in [0.2, 0.25) is 0 Å². The fraction of sp³-hybridized carbons (Fsp3) is 0.588. The Morgan fingerprint density at radius 1 is 1.32 bits per heavy atom. The summed E-state index contributed by atoms with van der Waals surface area (Å²) >= 11 is 0. The van der Waals surface area contributed by atoms with Crippen LogP contribution in [0.1, 0.15) is 24.0 Å². The minimum atomic E-state index is -3.18. The van der Waals surface area contributed by atoms with Crippen molar-refractivity contribution in [1.82, 2.24) is 10.6 Å². The van der Waals surface area contributed by atoms with Crippen molar-refractivity contribution in [2.75, 3.05) is 33.1 Å². The summed E-state index contributed by atoms with van der Waals surface area (Å²) in [6.07, 6.45) is 3.83. The molecule has 0 radical (unpaired) electrons. The molecule has 25 heavy (non-hydrogen) atoms. The minimum Gasteiger partial charge on any atom is -0.379 e. The van der Waals surface area contributed by atoms with Crippen molar-refractivity contribution in [1.29, 1.82) is 0 Å². The van der Waals surface area contributed by atoms with Crippen LogP contribution in [0.3, 0.4) is 0 Å². The first kappa shape index (κ1) is 22.2. The number of nitrogens with zero attached hydrogens (tertiary/aromatic N) is 1. The molecule has 0 unspecified atom stereocenters. The number of halogens is 1.